The fourth-order valence-corrected chi connectivity index (χ4v) is 3.02. The number of nitrogen functional groups attached to an aromatic ring is 1. The number of aromatic nitrogens is 3. The summed E-state index contributed by atoms with van der Waals surface area (Å²) in [6, 6.07) is 17.6. The van der Waals surface area contributed by atoms with Crippen LogP contribution >= 0.6 is 11.6 Å². The minimum absolute atomic E-state index is 0.445. The second kappa shape index (κ2) is 7.70. The predicted molar refractivity (Wildman–Crippen MR) is 115 cm³/mol. The van der Waals surface area contributed by atoms with Crippen LogP contribution in [0.2, 0.25) is 5.02 Å². The van der Waals surface area contributed by atoms with Crippen molar-refractivity contribution in [3.05, 3.63) is 77.2 Å². The first-order valence-corrected chi connectivity index (χ1v) is 9.20. The molecule has 0 atom stereocenters. The number of nitrogens with two attached hydrogens (primary N) is 1. The molecule has 0 fully saturated rings. The molecule has 0 radical (unpaired) electrons. The highest BCUT2D eigenvalue weighted by Gasteiger charge is 2.10. The average molecular weight is 391 g/mol. The number of anilines is 4. The second-order valence-corrected chi connectivity index (χ2v) is 6.86. The molecule has 2 aromatic heterocycles. The molecular formula is C21H19ClN6. The van der Waals surface area contributed by atoms with E-state index in [2.05, 4.69) is 25.6 Å². The van der Waals surface area contributed by atoms with E-state index < -0.39 is 0 Å². The molecule has 0 bridgehead atoms. The number of fused-ring (bicyclic) bond motifs is 1. The van der Waals surface area contributed by atoms with Crippen LogP contribution in [-0.2, 0) is 6.54 Å². The average Bonchev–Trinajstić information content (AvgIpc) is 2.70. The summed E-state index contributed by atoms with van der Waals surface area (Å²) in [6.07, 6.45) is 1.48. The molecule has 2 aromatic carbocycles. The van der Waals surface area contributed by atoms with Crippen molar-refractivity contribution in [2.24, 2.45) is 0 Å². The first-order chi connectivity index (χ1) is 13.6. The van der Waals surface area contributed by atoms with Gasteiger partial charge in [-0.3, -0.25) is 4.98 Å². The lowest BCUT2D eigenvalue weighted by Crippen LogP contribution is -2.08. The van der Waals surface area contributed by atoms with Crippen molar-refractivity contribution in [2.45, 2.75) is 13.5 Å². The van der Waals surface area contributed by atoms with E-state index in [1.54, 1.807) is 0 Å². The van der Waals surface area contributed by atoms with Crippen molar-refractivity contribution < 1.29 is 0 Å². The van der Waals surface area contributed by atoms with Gasteiger partial charge in [-0.15, -0.1) is 0 Å². The molecule has 0 saturated heterocycles. The van der Waals surface area contributed by atoms with Gasteiger partial charge in [-0.25, -0.2) is 9.97 Å². The van der Waals surface area contributed by atoms with E-state index in [0.717, 1.165) is 27.8 Å². The summed E-state index contributed by atoms with van der Waals surface area (Å²) in [5.74, 6) is 1.10. The molecule has 140 valence electrons. The zero-order valence-electron chi connectivity index (χ0n) is 15.3. The van der Waals surface area contributed by atoms with E-state index in [1.807, 2.05) is 61.5 Å². The monoisotopic (exact) mass is 390 g/mol. The molecule has 4 aromatic rings. The number of hydrogen-bond donors (Lipinski definition) is 3. The van der Waals surface area contributed by atoms with Crippen LogP contribution in [0.25, 0.3) is 10.9 Å². The summed E-state index contributed by atoms with van der Waals surface area (Å²) in [4.78, 5) is 13.2. The lowest BCUT2D eigenvalue weighted by molar-refractivity contribution is 1.09. The van der Waals surface area contributed by atoms with E-state index in [0.29, 0.717) is 28.9 Å². The number of nitrogens with zero attached hydrogens (tertiary/aromatic N) is 3. The lowest BCUT2D eigenvalue weighted by atomic mass is 10.1. The van der Waals surface area contributed by atoms with E-state index in [4.69, 9.17) is 17.3 Å². The van der Waals surface area contributed by atoms with Gasteiger partial charge < -0.3 is 16.4 Å². The summed E-state index contributed by atoms with van der Waals surface area (Å²) in [5.41, 5.74) is 10.5. The van der Waals surface area contributed by atoms with Gasteiger partial charge in [0.2, 0.25) is 0 Å². The Balaban J connectivity index is 1.59. The number of halogens is 1. The molecule has 2 heterocycles. The highest BCUT2D eigenvalue weighted by molar-refractivity contribution is 6.30. The van der Waals surface area contributed by atoms with Crippen LogP contribution in [0, 0.1) is 6.92 Å². The van der Waals surface area contributed by atoms with Crippen molar-refractivity contribution in [1.82, 2.24) is 15.0 Å². The zero-order chi connectivity index (χ0) is 19.5. The van der Waals surface area contributed by atoms with Crippen LogP contribution in [0.15, 0.2) is 60.9 Å². The molecule has 6 nitrogen and oxygen atoms in total. The summed E-state index contributed by atoms with van der Waals surface area (Å²) >= 11 is 5.93. The SMILES string of the molecule is Cc1ccc2cccc(Nc3ncnc(NCc4ccc(Cl)cc4)c3N)c2n1. The van der Waals surface area contributed by atoms with Gasteiger partial charge in [0.15, 0.2) is 11.6 Å². The standard InChI is InChI=1S/C21H19ClN6/c1-13-5-8-15-3-2-4-17(19(15)27-13)28-21-18(23)20(25-12-26-21)24-11-14-6-9-16(22)10-7-14/h2-10,12H,11,23H2,1H3,(H2,24,25,26,28). The van der Waals surface area contributed by atoms with Crippen molar-refractivity contribution in [3.8, 4) is 0 Å². The van der Waals surface area contributed by atoms with Gasteiger partial charge in [0.05, 0.1) is 11.2 Å². The van der Waals surface area contributed by atoms with Crippen LogP contribution in [-0.4, -0.2) is 15.0 Å². The molecule has 0 aliphatic carbocycles. The number of nitrogens with one attached hydrogen (secondary N) is 2. The van der Waals surface area contributed by atoms with Crippen molar-refractivity contribution >= 4 is 45.5 Å². The third kappa shape index (κ3) is 3.82. The Kier molecular flexibility index (Phi) is 4.95. The van der Waals surface area contributed by atoms with Crippen molar-refractivity contribution in [3.63, 3.8) is 0 Å². The van der Waals surface area contributed by atoms with Crippen LogP contribution in [0.3, 0.4) is 0 Å². The summed E-state index contributed by atoms with van der Waals surface area (Å²) in [5, 5.41) is 8.29. The summed E-state index contributed by atoms with van der Waals surface area (Å²) in [6.45, 7) is 2.54. The number of para-hydroxylation sites is 1. The highest BCUT2D eigenvalue weighted by Crippen LogP contribution is 2.29. The Bertz CT molecular complexity index is 1130. The zero-order valence-corrected chi connectivity index (χ0v) is 16.0. The molecule has 0 saturated carbocycles. The van der Waals surface area contributed by atoms with Crippen molar-refractivity contribution in [2.75, 3.05) is 16.4 Å². The topological polar surface area (TPSA) is 88.8 Å². The molecule has 7 heteroatoms. The van der Waals surface area contributed by atoms with Gasteiger partial charge in [-0.1, -0.05) is 41.9 Å². The smallest absolute Gasteiger partial charge is 0.159 e. The van der Waals surface area contributed by atoms with Crippen LogP contribution in [0.4, 0.5) is 23.0 Å². The first kappa shape index (κ1) is 18.0. The Morgan fingerprint density at radius 3 is 2.57 bits per heavy atom. The normalized spacial score (nSPS) is 10.8. The Hall–Kier alpha value is -3.38. The fraction of sp³-hybridized carbons (Fsp3) is 0.0952. The molecular weight excluding hydrogens is 372 g/mol. The molecule has 0 spiro atoms. The molecule has 28 heavy (non-hydrogen) atoms. The number of pyridine rings is 1. The molecule has 0 aliphatic rings. The number of aryl methyl sites for hydroxylation is 1. The van der Waals surface area contributed by atoms with Crippen molar-refractivity contribution in [1.29, 1.82) is 0 Å². The molecule has 0 unspecified atom stereocenters. The van der Waals surface area contributed by atoms with Gasteiger partial charge >= 0.3 is 0 Å². The maximum absolute atomic E-state index is 6.30. The summed E-state index contributed by atoms with van der Waals surface area (Å²) < 4.78 is 0. The Labute approximate surface area is 167 Å². The minimum atomic E-state index is 0.445. The summed E-state index contributed by atoms with van der Waals surface area (Å²) in [7, 11) is 0. The second-order valence-electron chi connectivity index (χ2n) is 6.42. The molecule has 0 aliphatic heterocycles. The Morgan fingerprint density at radius 1 is 0.964 bits per heavy atom. The van der Waals surface area contributed by atoms with Crippen LogP contribution < -0.4 is 16.4 Å². The van der Waals surface area contributed by atoms with Crippen LogP contribution in [0.5, 0.6) is 0 Å². The van der Waals surface area contributed by atoms with E-state index >= 15 is 0 Å². The largest absolute Gasteiger partial charge is 0.393 e. The van der Waals surface area contributed by atoms with Gasteiger partial charge in [-0.05, 0) is 36.8 Å². The van der Waals surface area contributed by atoms with Gasteiger partial charge in [0, 0.05) is 22.6 Å². The van der Waals surface area contributed by atoms with E-state index in [9.17, 15) is 0 Å². The molecule has 4 N–H and O–H groups in total. The third-order valence-corrected chi connectivity index (χ3v) is 4.62. The number of hydrogen-bond acceptors (Lipinski definition) is 6. The molecule has 4 rings (SSSR count). The van der Waals surface area contributed by atoms with Crippen LogP contribution in [0.1, 0.15) is 11.3 Å². The molecule has 0 amide bonds. The third-order valence-electron chi connectivity index (χ3n) is 4.37. The van der Waals surface area contributed by atoms with Gasteiger partial charge in [0.25, 0.3) is 0 Å². The fourth-order valence-electron chi connectivity index (χ4n) is 2.90. The lowest BCUT2D eigenvalue weighted by Gasteiger charge is -2.14. The predicted octanol–water partition coefficient (Wildman–Crippen LogP) is 4.92. The first-order valence-electron chi connectivity index (χ1n) is 8.82. The Morgan fingerprint density at radius 2 is 1.75 bits per heavy atom. The minimum Gasteiger partial charge on any atom is -0.393 e. The van der Waals surface area contributed by atoms with Gasteiger partial charge in [0.1, 0.15) is 12.0 Å². The maximum atomic E-state index is 6.30. The van der Waals surface area contributed by atoms with E-state index in [1.165, 1.54) is 6.33 Å². The maximum Gasteiger partial charge on any atom is 0.159 e. The highest BCUT2D eigenvalue weighted by atomic mass is 35.5. The number of benzene rings is 2. The number of rotatable bonds is 5. The van der Waals surface area contributed by atoms with E-state index in [-0.39, 0.29) is 0 Å². The quantitative estimate of drug-likeness (QED) is 0.448. The van der Waals surface area contributed by atoms with Gasteiger partial charge in [-0.2, -0.15) is 0 Å².